The molecule has 0 amide bonds. The van der Waals surface area contributed by atoms with Gasteiger partial charge >= 0.3 is 5.97 Å². The van der Waals surface area contributed by atoms with Crippen LogP contribution in [-0.2, 0) is 10.8 Å². The maximum Gasteiger partial charge on any atom is 0.612 e. The molecule has 1 unspecified atom stereocenters. The molecular formula is C23H19O11+. The Hall–Kier alpha value is -4.80. The highest BCUT2D eigenvalue weighted by atomic mass is 16.5. The molecule has 11 nitrogen and oxygen atoms in total. The fourth-order valence-electron chi connectivity index (χ4n) is 3.66. The van der Waals surface area contributed by atoms with Crippen molar-refractivity contribution in [3.8, 4) is 51.7 Å². The van der Waals surface area contributed by atoms with E-state index in [9.17, 15) is 45.6 Å². The van der Waals surface area contributed by atoms with Crippen LogP contribution in [0.5, 0.6) is 51.7 Å². The molecule has 0 saturated heterocycles. The second kappa shape index (κ2) is 8.28. The molecule has 0 aromatic heterocycles. The molecule has 1 aliphatic heterocycles. The van der Waals surface area contributed by atoms with E-state index in [1.807, 2.05) is 0 Å². The number of carbonyl (C=O) groups excluding carboxylic acids is 2. The summed E-state index contributed by atoms with van der Waals surface area (Å²) in [6.07, 6.45) is 0.0957. The third-order valence-corrected chi connectivity index (χ3v) is 5.33. The van der Waals surface area contributed by atoms with Crippen LogP contribution in [0.4, 0.5) is 0 Å². The van der Waals surface area contributed by atoms with Gasteiger partial charge in [0.05, 0.1) is 10.7 Å². The summed E-state index contributed by atoms with van der Waals surface area (Å²) in [6, 6.07) is 6.40. The smallest absolute Gasteiger partial charge is 0.508 e. The van der Waals surface area contributed by atoms with E-state index in [1.165, 1.54) is 6.07 Å². The Kier molecular flexibility index (Phi) is 5.45. The van der Waals surface area contributed by atoms with Gasteiger partial charge in [0.15, 0.2) is 40.8 Å². The van der Waals surface area contributed by atoms with E-state index < -0.39 is 52.5 Å². The molecule has 3 aromatic rings. The zero-order valence-corrected chi connectivity index (χ0v) is 17.2. The molecule has 34 heavy (non-hydrogen) atoms. The highest BCUT2D eigenvalue weighted by Crippen LogP contribution is 2.46. The van der Waals surface area contributed by atoms with Crippen molar-refractivity contribution >= 4 is 12.3 Å². The summed E-state index contributed by atoms with van der Waals surface area (Å²) in [5.41, 5.74) is 0.197. The van der Waals surface area contributed by atoms with E-state index in [0.29, 0.717) is 5.56 Å². The van der Waals surface area contributed by atoms with Crippen LogP contribution in [0.25, 0.3) is 0 Å². The van der Waals surface area contributed by atoms with Crippen LogP contribution in [0.3, 0.4) is 0 Å². The molecule has 4 rings (SSSR count). The van der Waals surface area contributed by atoms with Gasteiger partial charge in [-0.15, -0.1) is 0 Å². The third kappa shape index (κ3) is 4.01. The monoisotopic (exact) mass is 471 g/mol. The van der Waals surface area contributed by atoms with Crippen LogP contribution in [0.15, 0.2) is 36.4 Å². The quantitative estimate of drug-likeness (QED) is 0.159. The highest BCUT2D eigenvalue weighted by molar-refractivity contribution is 5.90. The van der Waals surface area contributed by atoms with Crippen LogP contribution in [-0.4, -0.2) is 53.1 Å². The van der Waals surface area contributed by atoms with Gasteiger partial charge in [-0.2, -0.15) is 0 Å². The largest absolute Gasteiger partial charge is 0.612 e. The molecule has 8 N–H and O–H groups in total. The van der Waals surface area contributed by atoms with Crippen molar-refractivity contribution in [2.45, 2.75) is 12.5 Å². The van der Waals surface area contributed by atoms with E-state index in [4.69, 9.17) is 9.16 Å². The molecular weight excluding hydrogens is 452 g/mol. The molecule has 0 bridgehead atoms. The first-order valence-corrected chi connectivity index (χ1v) is 9.80. The molecule has 0 saturated carbocycles. The number of aromatic hydroxyl groups is 8. The predicted molar refractivity (Wildman–Crippen MR) is 114 cm³/mol. The first-order chi connectivity index (χ1) is 16.0. The number of aldehydes is 1. The summed E-state index contributed by atoms with van der Waals surface area (Å²) >= 11 is 0. The van der Waals surface area contributed by atoms with Gasteiger partial charge in [-0.05, 0) is 18.6 Å². The van der Waals surface area contributed by atoms with E-state index >= 15 is 0 Å². The summed E-state index contributed by atoms with van der Waals surface area (Å²) in [4.78, 5) is 12.5. The highest BCUT2D eigenvalue weighted by Gasteiger charge is 2.36. The predicted octanol–water partition coefficient (Wildman–Crippen LogP) is 2.20. The number of benzene rings is 3. The SMILES string of the molecule is O=C([O+]=CC1Cc2c(O)cc(O)cc2O[C@@H]1c1cc(O)c(O)c(O)c1)c1cc(O)c(O)c(O)c1. The van der Waals surface area contributed by atoms with Gasteiger partial charge in [-0.1, -0.05) is 0 Å². The Morgan fingerprint density at radius 1 is 0.794 bits per heavy atom. The lowest BCUT2D eigenvalue weighted by molar-refractivity contribution is -0.343. The van der Waals surface area contributed by atoms with E-state index in [2.05, 4.69) is 0 Å². The first-order valence-electron chi connectivity index (χ1n) is 9.80. The topological polar surface area (TPSA) is 199 Å². The summed E-state index contributed by atoms with van der Waals surface area (Å²) in [6.45, 7) is 0. The van der Waals surface area contributed by atoms with E-state index in [0.717, 1.165) is 36.6 Å². The minimum absolute atomic E-state index is 0.0356. The number of phenolic OH excluding ortho intramolecular Hbond substituents is 8. The van der Waals surface area contributed by atoms with Gasteiger partial charge in [0.25, 0.3) is 0 Å². The number of carbonyl (C=O) groups is 1. The van der Waals surface area contributed by atoms with Crippen molar-refractivity contribution in [1.82, 2.24) is 0 Å². The molecule has 11 heteroatoms. The second-order valence-electron chi connectivity index (χ2n) is 7.66. The van der Waals surface area contributed by atoms with E-state index in [-0.39, 0.29) is 34.8 Å². The number of hydrogen-bond donors (Lipinski definition) is 8. The molecule has 1 heterocycles. The molecule has 0 aliphatic carbocycles. The number of ether oxygens (including phenoxy) is 1. The maximum atomic E-state index is 12.5. The Labute approximate surface area is 190 Å². The number of phenols is 8. The van der Waals surface area contributed by atoms with Crippen LogP contribution >= 0.6 is 0 Å². The lowest BCUT2D eigenvalue weighted by Gasteiger charge is -2.31. The standard InChI is InChI=1S/C23H18O11/c24-12-6-14(25)13-1-11(8-33-23(32)10-4-17(28)21(31)18(29)5-10)22(34-19(13)7-12)9-2-15(26)20(30)16(27)3-9/h2-8,11,22H,1H2,(H7-,24,25,26,27,28,29,30,31,32)/p+1/t11?,22-/m1/s1. The summed E-state index contributed by atoms with van der Waals surface area (Å²) in [5, 5.41) is 78.1. The average Bonchev–Trinajstić information content (AvgIpc) is 2.78. The zero-order valence-electron chi connectivity index (χ0n) is 17.2. The molecule has 2 atom stereocenters. The Morgan fingerprint density at radius 2 is 1.35 bits per heavy atom. The fourth-order valence-corrected chi connectivity index (χ4v) is 3.66. The Bertz CT molecular complexity index is 1280. The first kappa shape index (κ1) is 22.4. The van der Waals surface area contributed by atoms with Gasteiger partial charge in [0, 0.05) is 35.4 Å². The molecule has 0 spiro atoms. The Balaban J connectivity index is 1.73. The van der Waals surface area contributed by atoms with Crippen molar-refractivity contribution in [1.29, 1.82) is 0 Å². The molecule has 3 aromatic carbocycles. The number of fused-ring (bicyclic) bond motifs is 1. The van der Waals surface area contributed by atoms with Crippen LogP contribution in [0.2, 0.25) is 0 Å². The van der Waals surface area contributed by atoms with E-state index in [1.54, 1.807) is 0 Å². The Morgan fingerprint density at radius 3 is 1.94 bits per heavy atom. The van der Waals surface area contributed by atoms with Crippen molar-refractivity contribution in [3.63, 3.8) is 0 Å². The van der Waals surface area contributed by atoms with Gasteiger partial charge in [-0.3, -0.25) is 4.42 Å². The average molecular weight is 471 g/mol. The minimum Gasteiger partial charge on any atom is -0.508 e. The minimum atomic E-state index is -1.01. The summed E-state index contributed by atoms with van der Waals surface area (Å²) < 4.78 is 11.1. The van der Waals surface area contributed by atoms with Crippen LogP contribution in [0, 0.1) is 5.92 Å². The van der Waals surface area contributed by atoms with Crippen LogP contribution < -0.4 is 4.74 Å². The van der Waals surface area contributed by atoms with Gasteiger partial charge in [0.1, 0.15) is 28.9 Å². The van der Waals surface area contributed by atoms with Crippen molar-refractivity contribution in [2.75, 3.05) is 0 Å². The molecule has 0 radical (unpaired) electrons. The van der Waals surface area contributed by atoms with Gasteiger partial charge < -0.3 is 45.6 Å². The van der Waals surface area contributed by atoms with Gasteiger partial charge in [-0.25, -0.2) is 0 Å². The third-order valence-electron chi connectivity index (χ3n) is 5.33. The summed E-state index contributed by atoms with van der Waals surface area (Å²) in [7, 11) is 0. The number of hydrogen-bond acceptors (Lipinski definition) is 10. The van der Waals surface area contributed by atoms with Crippen molar-refractivity contribution < 1.29 is 54.8 Å². The van der Waals surface area contributed by atoms with Crippen molar-refractivity contribution in [3.05, 3.63) is 53.1 Å². The lowest BCUT2D eigenvalue weighted by atomic mass is 9.87. The molecule has 1 aliphatic rings. The molecule has 0 fully saturated rings. The van der Waals surface area contributed by atoms with Crippen LogP contribution in [0.1, 0.15) is 27.6 Å². The summed E-state index contributed by atoms with van der Waals surface area (Å²) in [5.74, 6) is -6.52. The lowest BCUT2D eigenvalue weighted by Crippen LogP contribution is -2.28. The van der Waals surface area contributed by atoms with Gasteiger partial charge in [0.2, 0.25) is 0 Å². The normalized spacial score (nSPS) is 17.3. The molecule has 176 valence electrons. The van der Waals surface area contributed by atoms with Crippen molar-refractivity contribution in [2.24, 2.45) is 5.92 Å². The number of rotatable bonds is 3. The fraction of sp³-hybridized carbons (Fsp3) is 0.130. The zero-order chi connectivity index (χ0) is 24.7. The maximum absolute atomic E-state index is 12.5. The second-order valence-corrected chi connectivity index (χ2v) is 7.66.